The van der Waals surface area contributed by atoms with Crippen molar-refractivity contribution >= 4 is 27.7 Å². The van der Waals surface area contributed by atoms with Crippen molar-refractivity contribution in [2.75, 3.05) is 33.4 Å². The normalized spacial score (nSPS) is 17.1. The average molecular weight is 453 g/mol. The van der Waals surface area contributed by atoms with Gasteiger partial charge in [-0.3, -0.25) is 9.59 Å². The lowest BCUT2D eigenvalue weighted by molar-refractivity contribution is 0.0948. The molecule has 0 spiro atoms. The predicted molar refractivity (Wildman–Crippen MR) is 133 cm³/mol. The Labute approximate surface area is 195 Å². The summed E-state index contributed by atoms with van der Waals surface area (Å²) in [5.74, 6) is -0.131. The smallest absolute Gasteiger partial charge is 0.275 e. The molecule has 2 aromatic heterocycles. The van der Waals surface area contributed by atoms with E-state index in [2.05, 4.69) is 17.1 Å². The van der Waals surface area contributed by atoms with E-state index in [0.717, 1.165) is 35.8 Å². The molecule has 178 valence electrons. The first-order valence-corrected chi connectivity index (χ1v) is 12.2. The van der Waals surface area contributed by atoms with Crippen molar-refractivity contribution in [2.24, 2.45) is 7.05 Å². The third-order valence-corrected chi connectivity index (χ3v) is 7.03. The van der Waals surface area contributed by atoms with Crippen molar-refractivity contribution in [3.05, 3.63) is 46.4 Å². The minimum absolute atomic E-state index is 0.104. The summed E-state index contributed by atoms with van der Waals surface area (Å²) in [5.41, 5.74) is 1.94. The van der Waals surface area contributed by atoms with Crippen LogP contribution in [0, 0.1) is 0 Å². The van der Waals surface area contributed by atoms with Crippen LogP contribution in [0.25, 0.3) is 21.8 Å². The Hall–Kier alpha value is -2.64. The number of para-hydroxylation sites is 1. The Morgan fingerprint density at radius 3 is 2.82 bits per heavy atom. The minimum Gasteiger partial charge on any atom is -0.383 e. The van der Waals surface area contributed by atoms with Crippen LogP contribution >= 0.6 is 0 Å². The van der Waals surface area contributed by atoms with Crippen molar-refractivity contribution in [2.45, 2.75) is 51.6 Å². The van der Waals surface area contributed by atoms with Crippen molar-refractivity contribution < 1.29 is 9.53 Å². The zero-order valence-electron chi connectivity index (χ0n) is 20.1. The van der Waals surface area contributed by atoms with E-state index in [0.29, 0.717) is 36.8 Å². The second-order valence-corrected chi connectivity index (χ2v) is 9.04. The van der Waals surface area contributed by atoms with Gasteiger partial charge in [0.15, 0.2) is 0 Å². The molecular formula is C26H36N4O3. The van der Waals surface area contributed by atoms with Gasteiger partial charge in [0, 0.05) is 62.3 Å². The maximum atomic E-state index is 13.3. The Balaban J connectivity index is 1.59. The number of aromatic nitrogens is 2. The summed E-state index contributed by atoms with van der Waals surface area (Å²) in [7, 11) is 3.50. The van der Waals surface area contributed by atoms with Crippen LogP contribution in [0.4, 0.5) is 0 Å². The number of hydrogen-bond donors (Lipinski definition) is 1. The zero-order valence-corrected chi connectivity index (χ0v) is 20.1. The summed E-state index contributed by atoms with van der Waals surface area (Å²) in [6, 6.07) is 8.54. The Morgan fingerprint density at radius 2 is 2.03 bits per heavy atom. The molecule has 1 amide bonds. The SMILES string of the molecule is CC[C@H]1CCCCN1CCCNC(=O)c1cn(CCOC)c(=O)c2c1c1ccccc1n2C. The van der Waals surface area contributed by atoms with Crippen molar-refractivity contribution in [3.63, 3.8) is 0 Å². The number of carbonyl (C=O) groups is 1. The number of methoxy groups -OCH3 is 1. The highest BCUT2D eigenvalue weighted by Gasteiger charge is 2.22. The molecule has 1 N–H and O–H groups in total. The molecule has 1 aliphatic heterocycles. The topological polar surface area (TPSA) is 68.5 Å². The number of fused-ring (bicyclic) bond motifs is 3. The molecule has 0 saturated carbocycles. The lowest BCUT2D eigenvalue weighted by Gasteiger charge is -2.35. The number of likely N-dealkylation sites (tertiary alicyclic amines) is 1. The molecule has 1 saturated heterocycles. The molecule has 1 aromatic carbocycles. The summed E-state index contributed by atoms with van der Waals surface area (Å²) in [5, 5.41) is 4.77. The van der Waals surface area contributed by atoms with Gasteiger partial charge in [-0.15, -0.1) is 0 Å². The van der Waals surface area contributed by atoms with E-state index >= 15 is 0 Å². The van der Waals surface area contributed by atoms with Gasteiger partial charge in [0.05, 0.1) is 12.2 Å². The van der Waals surface area contributed by atoms with E-state index in [1.807, 2.05) is 35.9 Å². The molecule has 7 nitrogen and oxygen atoms in total. The van der Waals surface area contributed by atoms with E-state index in [1.165, 1.54) is 25.7 Å². The van der Waals surface area contributed by atoms with Crippen LogP contribution in [0.5, 0.6) is 0 Å². The second kappa shape index (κ2) is 10.5. The van der Waals surface area contributed by atoms with E-state index in [9.17, 15) is 9.59 Å². The number of ether oxygens (including phenoxy) is 1. The number of benzene rings is 1. The molecule has 0 unspecified atom stereocenters. The van der Waals surface area contributed by atoms with Crippen LogP contribution in [-0.4, -0.2) is 59.3 Å². The molecule has 0 aliphatic carbocycles. The maximum Gasteiger partial charge on any atom is 0.275 e. The monoisotopic (exact) mass is 452 g/mol. The molecule has 33 heavy (non-hydrogen) atoms. The summed E-state index contributed by atoms with van der Waals surface area (Å²) >= 11 is 0. The first-order chi connectivity index (χ1) is 16.1. The van der Waals surface area contributed by atoms with Gasteiger partial charge in [0.25, 0.3) is 11.5 Å². The molecule has 7 heteroatoms. The van der Waals surface area contributed by atoms with Gasteiger partial charge in [-0.25, -0.2) is 0 Å². The van der Waals surface area contributed by atoms with Gasteiger partial charge in [-0.1, -0.05) is 31.5 Å². The van der Waals surface area contributed by atoms with Crippen molar-refractivity contribution in [1.29, 1.82) is 0 Å². The molecule has 1 fully saturated rings. The van der Waals surface area contributed by atoms with Crippen LogP contribution < -0.4 is 10.9 Å². The summed E-state index contributed by atoms with van der Waals surface area (Å²) in [4.78, 5) is 29.2. The van der Waals surface area contributed by atoms with Gasteiger partial charge >= 0.3 is 0 Å². The van der Waals surface area contributed by atoms with Gasteiger partial charge in [0.1, 0.15) is 5.52 Å². The molecule has 4 rings (SSSR count). The number of carbonyl (C=O) groups excluding carboxylic acids is 1. The molecule has 3 heterocycles. The fourth-order valence-corrected chi connectivity index (χ4v) is 5.26. The zero-order chi connectivity index (χ0) is 23.4. The summed E-state index contributed by atoms with van der Waals surface area (Å²) < 4.78 is 8.68. The average Bonchev–Trinajstić information content (AvgIpc) is 3.14. The number of aryl methyl sites for hydroxylation is 1. The lowest BCUT2D eigenvalue weighted by atomic mass is 10.00. The Morgan fingerprint density at radius 1 is 1.21 bits per heavy atom. The fraction of sp³-hybridized carbons (Fsp3) is 0.538. The van der Waals surface area contributed by atoms with Crippen LogP contribution in [0.15, 0.2) is 35.3 Å². The molecular weight excluding hydrogens is 416 g/mol. The fourth-order valence-electron chi connectivity index (χ4n) is 5.26. The molecule has 1 atom stereocenters. The largest absolute Gasteiger partial charge is 0.383 e. The number of nitrogens with one attached hydrogen (secondary N) is 1. The number of rotatable bonds is 9. The highest BCUT2D eigenvalue weighted by Crippen LogP contribution is 2.29. The van der Waals surface area contributed by atoms with Crippen LogP contribution in [0.1, 0.15) is 49.4 Å². The Kier molecular flexibility index (Phi) is 7.50. The third-order valence-electron chi connectivity index (χ3n) is 7.03. The van der Waals surface area contributed by atoms with Gasteiger partial charge in [-0.2, -0.15) is 0 Å². The first kappa shape index (κ1) is 23.5. The molecule has 1 aliphatic rings. The highest BCUT2D eigenvalue weighted by molar-refractivity contribution is 6.17. The van der Waals surface area contributed by atoms with E-state index in [1.54, 1.807) is 17.9 Å². The molecule has 3 aromatic rings. The number of piperidine rings is 1. The lowest BCUT2D eigenvalue weighted by Crippen LogP contribution is -2.40. The van der Waals surface area contributed by atoms with Crippen LogP contribution in [0.3, 0.4) is 0 Å². The standard InChI is InChI=1S/C26H36N4O3/c1-4-19-10-7-8-14-29(19)15-9-13-27-25(31)21-18-30(16-17-33-3)26(32)24-23(21)20-11-5-6-12-22(20)28(24)2/h5-6,11-12,18-19H,4,7-10,13-17H2,1-3H3,(H,27,31)/t19-/m0/s1. The molecule has 0 bridgehead atoms. The predicted octanol–water partition coefficient (Wildman–Crippen LogP) is 3.52. The van der Waals surface area contributed by atoms with Gasteiger partial charge < -0.3 is 24.1 Å². The van der Waals surface area contributed by atoms with E-state index < -0.39 is 0 Å². The van der Waals surface area contributed by atoms with Crippen molar-refractivity contribution in [3.8, 4) is 0 Å². The van der Waals surface area contributed by atoms with Crippen LogP contribution in [-0.2, 0) is 18.3 Å². The number of amides is 1. The third kappa shape index (κ3) is 4.70. The van der Waals surface area contributed by atoms with Crippen LogP contribution in [0.2, 0.25) is 0 Å². The Bertz CT molecular complexity index is 1180. The minimum atomic E-state index is -0.131. The summed E-state index contributed by atoms with van der Waals surface area (Å²) in [6.07, 6.45) is 7.68. The number of pyridine rings is 1. The maximum absolute atomic E-state index is 13.3. The van der Waals surface area contributed by atoms with Gasteiger partial charge in [-0.05, 0) is 38.3 Å². The number of nitrogens with zero attached hydrogens (tertiary/aromatic N) is 3. The van der Waals surface area contributed by atoms with E-state index in [-0.39, 0.29) is 11.5 Å². The van der Waals surface area contributed by atoms with E-state index in [4.69, 9.17) is 4.74 Å². The first-order valence-electron chi connectivity index (χ1n) is 12.2. The second-order valence-electron chi connectivity index (χ2n) is 9.04. The number of hydrogen-bond acceptors (Lipinski definition) is 4. The highest BCUT2D eigenvalue weighted by atomic mass is 16.5. The molecule has 0 radical (unpaired) electrons. The quantitative estimate of drug-likeness (QED) is 0.505. The van der Waals surface area contributed by atoms with Gasteiger partial charge in [0.2, 0.25) is 0 Å². The summed E-state index contributed by atoms with van der Waals surface area (Å²) in [6.45, 7) is 5.86. The van der Waals surface area contributed by atoms with Crippen molar-refractivity contribution in [1.82, 2.24) is 19.4 Å².